The summed E-state index contributed by atoms with van der Waals surface area (Å²) in [6.07, 6.45) is 0. The van der Waals surface area contributed by atoms with Crippen LogP contribution < -0.4 is 5.73 Å². The van der Waals surface area contributed by atoms with Gasteiger partial charge in [0.1, 0.15) is 11.3 Å². The van der Waals surface area contributed by atoms with Gasteiger partial charge in [0.25, 0.3) is 5.91 Å². The van der Waals surface area contributed by atoms with Gasteiger partial charge >= 0.3 is 0 Å². The lowest BCUT2D eigenvalue weighted by Gasteiger charge is -2.48. The van der Waals surface area contributed by atoms with Gasteiger partial charge in [-0.2, -0.15) is 0 Å². The summed E-state index contributed by atoms with van der Waals surface area (Å²) in [4.78, 5) is 17.1. The number of carbonyl (C=O) groups excluding carboxylic acids is 1. The number of nitrogens with two attached hydrogens (primary N) is 1. The van der Waals surface area contributed by atoms with E-state index in [-0.39, 0.29) is 11.8 Å². The molecule has 2 aromatic rings. The van der Waals surface area contributed by atoms with E-state index in [0.29, 0.717) is 24.5 Å². The van der Waals surface area contributed by atoms with Crippen molar-refractivity contribution in [2.45, 2.75) is 19.4 Å². The van der Waals surface area contributed by atoms with Crippen LogP contribution in [0.4, 0.5) is 5.69 Å². The van der Waals surface area contributed by atoms with E-state index < -0.39 is 5.60 Å². The molecule has 1 fully saturated rings. The summed E-state index contributed by atoms with van der Waals surface area (Å²) in [6.45, 7) is 4.71. The lowest BCUT2D eigenvalue weighted by molar-refractivity contribution is -0.111. The van der Waals surface area contributed by atoms with Gasteiger partial charge in [-0.15, -0.1) is 0 Å². The highest BCUT2D eigenvalue weighted by atomic mass is 16.3. The van der Waals surface area contributed by atoms with Gasteiger partial charge in [0.15, 0.2) is 0 Å². The van der Waals surface area contributed by atoms with Crippen molar-refractivity contribution >= 4 is 22.5 Å². The van der Waals surface area contributed by atoms with E-state index in [1.807, 2.05) is 26.0 Å². The minimum absolute atomic E-state index is 0.0786. The Kier molecular flexibility index (Phi) is 2.76. The number of likely N-dealkylation sites (tertiary alicyclic amines) is 1. The summed E-state index contributed by atoms with van der Waals surface area (Å²) in [6, 6.07) is 7.31. The van der Waals surface area contributed by atoms with Crippen molar-refractivity contribution in [2.24, 2.45) is 5.92 Å². The first-order valence-corrected chi connectivity index (χ1v) is 6.79. The van der Waals surface area contributed by atoms with Gasteiger partial charge in [-0.3, -0.25) is 4.79 Å². The molecule has 1 aliphatic rings. The van der Waals surface area contributed by atoms with Gasteiger partial charge in [0.2, 0.25) is 0 Å². The number of fused-ring (bicyclic) bond motifs is 1. The van der Waals surface area contributed by atoms with Crippen LogP contribution in [0.3, 0.4) is 0 Å². The molecule has 1 aliphatic heterocycles. The number of benzene rings is 1. The molecule has 106 valence electrons. The number of carbonyl (C=O) groups is 1. The molecule has 4 N–H and O–H groups in total. The van der Waals surface area contributed by atoms with Gasteiger partial charge in [0, 0.05) is 16.6 Å². The SMILES string of the molecule is CC(C)C1(O)CN(C(=O)c2cc3cc(N)ccc3[nH]2)C1. The largest absolute Gasteiger partial charge is 0.399 e. The highest BCUT2D eigenvalue weighted by Crippen LogP contribution is 2.30. The smallest absolute Gasteiger partial charge is 0.270 e. The first-order chi connectivity index (χ1) is 9.39. The number of nitrogens with zero attached hydrogens (tertiary/aromatic N) is 1. The third-order valence-electron chi connectivity index (χ3n) is 4.17. The third kappa shape index (κ3) is 1.94. The lowest BCUT2D eigenvalue weighted by atomic mass is 9.83. The molecule has 5 nitrogen and oxygen atoms in total. The molecule has 20 heavy (non-hydrogen) atoms. The number of hydrogen-bond acceptors (Lipinski definition) is 3. The Morgan fingerprint density at radius 1 is 1.40 bits per heavy atom. The van der Waals surface area contributed by atoms with E-state index in [4.69, 9.17) is 5.73 Å². The van der Waals surface area contributed by atoms with Gasteiger partial charge in [-0.05, 0) is 30.2 Å². The molecule has 5 heteroatoms. The number of rotatable bonds is 2. The van der Waals surface area contributed by atoms with Crippen LogP contribution in [0, 0.1) is 5.92 Å². The average molecular weight is 273 g/mol. The molecular formula is C15H19N3O2. The summed E-state index contributed by atoms with van der Waals surface area (Å²) in [5, 5.41) is 11.1. The Morgan fingerprint density at radius 3 is 2.75 bits per heavy atom. The molecule has 0 atom stereocenters. The summed E-state index contributed by atoms with van der Waals surface area (Å²) < 4.78 is 0. The number of hydrogen-bond donors (Lipinski definition) is 3. The Bertz CT molecular complexity index is 669. The second kappa shape index (κ2) is 4.24. The molecule has 2 heterocycles. The Balaban J connectivity index is 1.80. The molecule has 0 unspecified atom stereocenters. The van der Waals surface area contributed by atoms with E-state index in [1.165, 1.54) is 0 Å². The van der Waals surface area contributed by atoms with E-state index in [0.717, 1.165) is 10.9 Å². The van der Waals surface area contributed by atoms with Gasteiger partial charge < -0.3 is 20.7 Å². The van der Waals surface area contributed by atoms with Crippen LogP contribution in [-0.4, -0.2) is 39.6 Å². The van der Waals surface area contributed by atoms with Gasteiger partial charge in [-0.1, -0.05) is 13.8 Å². The molecule has 0 aliphatic carbocycles. The maximum Gasteiger partial charge on any atom is 0.270 e. The predicted molar refractivity (Wildman–Crippen MR) is 78.4 cm³/mol. The van der Waals surface area contributed by atoms with Crippen LogP contribution in [-0.2, 0) is 0 Å². The minimum atomic E-state index is -0.744. The van der Waals surface area contributed by atoms with Crippen molar-refractivity contribution in [3.63, 3.8) is 0 Å². The lowest BCUT2D eigenvalue weighted by Crippen LogP contribution is -2.66. The van der Waals surface area contributed by atoms with E-state index in [9.17, 15) is 9.90 Å². The number of anilines is 1. The number of aromatic nitrogens is 1. The van der Waals surface area contributed by atoms with Gasteiger partial charge in [-0.25, -0.2) is 0 Å². The number of nitrogen functional groups attached to an aromatic ring is 1. The van der Waals surface area contributed by atoms with Gasteiger partial charge in [0.05, 0.1) is 13.1 Å². The number of nitrogens with one attached hydrogen (secondary N) is 1. The second-order valence-corrected chi connectivity index (χ2v) is 5.95. The maximum absolute atomic E-state index is 12.3. The number of H-pyrrole nitrogens is 1. The molecule has 0 radical (unpaired) electrons. The van der Waals surface area contributed by atoms with Crippen molar-refractivity contribution < 1.29 is 9.90 Å². The summed E-state index contributed by atoms with van der Waals surface area (Å²) in [5.41, 5.74) is 7.09. The molecule has 1 aromatic heterocycles. The molecular weight excluding hydrogens is 254 g/mol. The van der Waals surface area contributed by atoms with E-state index in [1.54, 1.807) is 17.0 Å². The number of amides is 1. The van der Waals surface area contributed by atoms with Crippen LogP contribution >= 0.6 is 0 Å². The Labute approximate surface area is 117 Å². The van der Waals surface area contributed by atoms with Crippen molar-refractivity contribution in [3.8, 4) is 0 Å². The zero-order chi connectivity index (χ0) is 14.5. The van der Waals surface area contributed by atoms with Crippen LogP contribution in [0.15, 0.2) is 24.3 Å². The normalized spacial score (nSPS) is 17.5. The number of aliphatic hydroxyl groups is 1. The van der Waals surface area contributed by atoms with Crippen molar-refractivity contribution in [1.29, 1.82) is 0 Å². The highest BCUT2D eigenvalue weighted by Gasteiger charge is 2.46. The van der Waals surface area contributed by atoms with E-state index >= 15 is 0 Å². The first-order valence-electron chi connectivity index (χ1n) is 6.79. The van der Waals surface area contributed by atoms with Crippen LogP contribution in [0.5, 0.6) is 0 Å². The average Bonchev–Trinajstić information content (AvgIpc) is 2.76. The zero-order valence-electron chi connectivity index (χ0n) is 11.7. The van der Waals surface area contributed by atoms with Crippen LogP contribution in [0.1, 0.15) is 24.3 Å². The molecule has 1 amide bonds. The summed E-state index contributed by atoms with van der Waals surface area (Å²) >= 11 is 0. The highest BCUT2D eigenvalue weighted by molar-refractivity contribution is 5.99. The fraction of sp³-hybridized carbons (Fsp3) is 0.400. The first kappa shape index (κ1) is 13.0. The summed E-state index contributed by atoms with van der Waals surface area (Å²) in [5.74, 6) is 0.0687. The fourth-order valence-corrected chi connectivity index (χ4v) is 2.56. The molecule has 1 aromatic carbocycles. The maximum atomic E-state index is 12.3. The summed E-state index contributed by atoms with van der Waals surface area (Å²) in [7, 11) is 0. The minimum Gasteiger partial charge on any atom is -0.399 e. The Hall–Kier alpha value is -2.01. The number of β-amino-alcohol motifs (C(OH)–C–C–N with tert-alkyl or cyclic N) is 1. The standard InChI is InChI=1S/C15H19N3O2/c1-9(2)15(20)7-18(8-15)14(19)13-6-10-5-11(16)3-4-12(10)17-13/h3-6,9,17,20H,7-8,16H2,1-2H3. The molecule has 0 saturated carbocycles. The van der Waals surface area contributed by atoms with Crippen LogP contribution in [0.25, 0.3) is 10.9 Å². The molecule has 1 saturated heterocycles. The monoisotopic (exact) mass is 273 g/mol. The third-order valence-corrected chi connectivity index (χ3v) is 4.17. The fourth-order valence-electron chi connectivity index (χ4n) is 2.56. The van der Waals surface area contributed by atoms with Crippen molar-refractivity contribution in [2.75, 3.05) is 18.8 Å². The van der Waals surface area contributed by atoms with Crippen LogP contribution in [0.2, 0.25) is 0 Å². The topological polar surface area (TPSA) is 82.3 Å². The van der Waals surface area contributed by atoms with Crippen molar-refractivity contribution in [3.05, 3.63) is 30.0 Å². The predicted octanol–water partition coefficient (Wildman–Crippen LogP) is 1.59. The Morgan fingerprint density at radius 2 is 2.10 bits per heavy atom. The quantitative estimate of drug-likeness (QED) is 0.727. The molecule has 0 spiro atoms. The molecule has 3 rings (SSSR count). The van der Waals surface area contributed by atoms with Crippen molar-refractivity contribution in [1.82, 2.24) is 9.88 Å². The number of aromatic amines is 1. The van der Waals surface area contributed by atoms with E-state index in [2.05, 4.69) is 4.98 Å². The second-order valence-electron chi connectivity index (χ2n) is 5.95. The molecule has 0 bridgehead atoms. The zero-order valence-corrected chi connectivity index (χ0v) is 11.7.